The van der Waals surface area contributed by atoms with Gasteiger partial charge in [0.2, 0.25) is 65.1 Å². The van der Waals surface area contributed by atoms with Gasteiger partial charge in [0.1, 0.15) is 0 Å². The Bertz CT molecular complexity index is 3140. The van der Waals surface area contributed by atoms with Gasteiger partial charge in [-0.05, 0) is 104 Å². The molecule has 0 saturated carbocycles. The van der Waals surface area contributed by atoms with Crippen molar-refractivity contribution in [3.63, 3.8) is 0 Å². The molecular formula is C74H109N25O10. The Hall–Kier alpha value is -11.2. The van der Waals surface area contributed by atoms with Crippen molar-refractivity contribution in [1.29, 1.82) is 0 Å². The Labute approximate surface area is 638 Å². The molecule has 0 aliphatic carbocycles. The SMILES string of the molecule is C=Cc1cc(C=C)nc(NCCCC(=O)NCCN(CCNC(=O)CCCNc2nc(C=C)cc(C=C)n2)CC(=O)NCCN(CCNC(=O)CN(CCNC(=O)CCCNc2nc(C=C)cc(C=C)n2)CCNC(=O)CCCNc2nc(C=C)cc(C=C)n2)CC(=O)NCCOCCOCCOCCN=[N+]=[N-])n1. The second-order valence-corrected chi connectivity index (χ2v) is 24.0. The molecule has 590 valence electrons. The second-order valence-electron chi connectivity index (χ2n) is 24.0. The van der Waals surface area contributed by atoms with Crippen LogP contribution in [0, 0.1) is 0 Å². The molecule has 4 rings (SSSR count). The highest BCUT2D eigenvalue weighted by molar-refractivity contribution is 5.80. The molecule has 0 radical (unpaired) electrons. The van der Waals surface area contributed by atoms with Crippen LogP contribution < -0.4 is 58.5 Å². The minimum atomic E-state index is -0.357. The largest absolute Gasteiger partial charge is 0.379 e. The molecule has 4 aromatic rings. The van der Waals surface area contributed by atoms with Gasteiger partial charge in [-0.2, -0.15) is 0 Å². The monoisotopic (exact) mass is 1510 g/mol. The molecule has 0 bridgehead atoms. The third kappa shape index (κ3) is 42.1. The summed E-state index contributed by atoms with van der Waals surface area (Å²) in [5.41, 5.74) is 13.4. The van der Waals surface area contributed by atoms with Crippen molar-refractivity contribution in [2.75, 3.05) is 198 Å². The topological polar surface area (TPSA) is 441 Å². The van der Waals surface area contributed by atoms with Crippen LogP contribution in [0.2, 0.25) is 0 Å². The van der Waals surface area contributed by atoms with E-state index in [1.54, 1.807) is 77.8 Å². The fraction of sp³-hybridized carbons (Fsp3) is 0.473. The number of hydrogen-bond donors (Lipinski definition) is 11. The van der Waals surface area contributed by atoms with Crippen molar-refractivity contribution in [2.45, 2.75) is 51.4 Å². The van der Waals surface area contributed by atoms with E-state index in [0.717, 1.165) is 0 Å². The number of carbonyl (C=O) groups excluding carboxylic acids is 7. The zero-order chi connectivity index (χ0) is 78.9. The highest BCUT2D eigenvalue weighted by atomic mass is 16.5. The van der Waals surface area contributed by atoms with Crippen LogP contribution in [-0.2, 0) is 47.8 Å². The fourth-order valence-corrected chi connectivity index (χ4v) is 9.91. The lowest BCUT2D eigenvalue weighted by Crippen LogP contribution is -2.48. The van der Waals surface area contributed by atoms with Crippen molar-refractivity contribution < 1.29 is 47.8 Å². The standard InChI is InChI=1S/C74H109N25O10/c1-9-56-49-57(10-2)89-71(88-56)83-25-17-21-64(100)76-29-37-97(38-30-77-65(101)22-18-26-84-72-90-58(11-3)50-59(12-4)91-72)53-68(104)80-33-41-99(55-70(106)82-35-43-107-45-47-109-48-46-108-44-36-87-96-75)42-34-81-69(105)54-98(39-31-78-66(102)23-19-27-85-73-92-60(13-5)51-61(14-6)93-73)40-32-79-67(103)24-20-28-86-74-94-62(15-7)52-63(16-8)95-74/h9-16,49-52H,1-8,17-48,53-55H2,(H,76,100)(H,77,101)(H,78,102)(H,79,103)(H,80,104)(H,81,105)(H,82,106)(H,83,88,89)(H,84,90,91)(H,85,92,93)(H,86,94,95). The first-order valence-electron chi connectivity index (χ1n) is 36.3. The molecule has 7 amide bonds. The van der Waals surface area contributed by atoms with Crippen LogP contribution >= 0.6 is 0 Å². The molecule has 35 heteroatoms. The quantitative estimate of drug-likeness (QED) is 0.0129. The summed E-state index contributed by atoms with van der Waals surface area (Å²) in [6, 6.07) is 7.00. The Morgan fingerprint density at radius 1 is 0.330 bits per heavy atom. The highest BCUT2D eigenvalue weighted by Gasteiger charge is 2.18. The molecule has 4 heterocycles. The summed E-state index contributed by atoms with van der Waals surface area (Å²) in [4.78, 5) is 137. The Morgan fingerprint density at radius 2 is 0.550 bits per heavy atom. The number of amides is 7. The number of rotatable bonds is 64. The molecule has 0 saturated heterocycles. The van der Waals surface area contributed by atoms with E-state index in [1.165, 1.54) is 0 Å². The van der Waals surface area contributed by atoms with Gasteiger partial charge in [-0.3, -0.25) is 48.3 Å². The predicted octanol–water partition coefficient (Wildman–Crippen LogP) is 3.94. The third-order valence-electron chi connectivity index (χ3n) is 15.5. The van der Waals surface area contributed by atoms with Crippen molar-refractivity contribution in [1.82, 2.24) is 91.8 Å². The predicted molar refractivity (Wildman–Crippen MR) is 427 cm³/mol. The summed E-state index contributed by atoms with van der Waals surface area (Å²) in [6.45, 7) is 36.1. The minimum Gasteiger partial charge on any atom is -0.379 e. The lowest BCUT2D eigenvalue weighted by atomic mass is 10.3. The van der Waals surface area contributed by atoms with Gasteiger partial charge in [0, 0.05) is 148 Å². The Morgan fingerprint density at radius 3 is 0.789 bits per heavy atom. The van der Waals surface area contributed by atoms with E-state index in [2.05, 4.69) is 161 Å². The van der Waals surface area contributed by atoms with E-state index < -0.39 is 0 Å². The van der Waals surface area contributed by atoms with Gasteiger partial charge >= 0.3 is 0 Å². The molecule has 11 N–H and O–H groups in total. The second kappa shape index (κ2) is 56.1. The number of anilines is 4. The summed E-state index contributed by atoms with van der Waals surface area (Å²) >= 11 is 0. The summed E-state index contributed by atoms with van der Waals surface area (Å²) < 4.78 is 16.5. The van der Waals surface area contributed by atoms with Crippen molar-refractivity contribution in [3.05, 3.63) is 133 Å². The molecule has 35 nitrogen and oxygen atoms in total. The van der Waals surface area contributed by atoms with Crippen LogP contribution in [0.15, 0.2) is 82.0 Å². The van der Waals surface area contributed by atoms with Crippen LogP contribution in [0.4, 0.5) is 23.8 Å². The first-order chi connectivity index (χ1) is 53.0. The van der Waals surface area contributed by atoms with Crippen molar-refractivity contribution in [2.24, 2.45) is 5.11 Å². The number of aromatic nitrogens is 8. The Kier molecular flexibility index (Phi) is 46.5. The van der Waals surface area contributed by atoms with E-state index in [0.29, 0.717) is 134 Å². The van der Waals surface area contributed by atoms with E-state index in [9.17, 15) is 33.6 Å². The lowest BCUT2D eigenvalue weighted by molar-refractivity contribution is -0.123. The molecule has 0 aliphatic rings. The number of ether oxygens (including phenoxy) is 3. The van der Waals surface area contributed by atoms with E-state index in [1.807, 2.05) is 9.80 Å². The molecule has 0 atom stereocenters. The van der Waals surface area contributed by atoms with E-state index in [-0.39, 0.29) is 205 Å². The molecule has 0 aromatic carbocycles. The number of nitrogens with zero attached hydrogens (tertiary/aromatic N) is 14. The molecule has 4 aromatic heterocycles. The summed E-state index contributed by atoms with van der Waals surface area (Å²) in [7, 11) is 0. The Balaban J connectivity index is 1.38. The normalized spacial score (nSPS) is 10.7. The van der Waals surface area contributed by atoms with Crippen LogP contribution in [-0.4, -0.2) is 273 Å². The van der Waals surface area contributed by atoms with Gasteiger partial charge in [-0.25, -0.2) is 39.9 Å². The maximum atomic E-state index is 13.8. The highest BCUT2D eigenvalue weighted by Crippen LogP contribution is 2.13. The first-order valence-corrected chi connectivity index (χ1v) is 36.3. The molecule has 0 spiro atoms. The van der Waals surface area contributed by atoms with E-state index in [4.69, 9.17) is 19.7 Å². The first kappa shape index (κ1) is 90.2. The molecule has 109 heavy (non-hydrogen) atoms. The summed E-state index contributed by atoms with van der Waals surface area (Å²) in [5, 5.41) is 36.4. The average Bonchev–Trinajstić information content (AvgIpc) is 0.892. The lowest BCUT2D eigenvalue weighted by Gasteiger charge is -2.25. The number of nitrogens with one attached hydrogen (secondary N) is 11. The minimum absolute atomic E-state index is 0.0991. The fourth-order valence-electron chi connectivity index (χ4n) is 9.91. The molecular weight excluding hydrogens is 1400 g/mol. The average molecular weight is 1510 g/mol. The molecule has 0 fully saturated rings. The zero-order valence-corrected chi connectivity index (χ0v) is 62.7. The van der Waals surface area contributed by atoms with Gasteiger partial charge in [-0.1, -0.05) is 57.7 Å². The van der Waals surface area contributed by atoms with Crippen LogP contribution in [0.25, 0.3) is 59.1 Å². The third-order valence-corrected chi connectivity index (χ3v) is 15.5. The van der Waals surface area contributed by atoms with Crippen LogP contribution in [0.3, 0.4) is 0 Å². The number of azide groups is 1. The van der Waals surface area contributed by atoms with Crippen molar-refractivity contribution >= 4 is 114 Å². The number of hydrogen-bond acceptors (Lipinski definition) is 26. The van der Waals surface area contributed by atoms with Crippen molar-refractivity contribution in [3.8, 4) is 0 Å². The van der Waals surface area contributed by atoms with Crippen LogP contribution in [0.1, 0.15) is 96.9 Å². The van der Waals surface area contributed by atoms with Crippen LogP contribution in [0.5, 0.6) is 0 Å². The van der Waals surface area contributed by atoms with E-state index >= 15 is 0 Å². The van der Waals surface area contributed by atoms with Gasteiger partial charge in [0.15, 0.2) is 0 Å². The summed E-state index contributed by atoms with van der Waals surface area (Å²) in [6.07, 6.45) is 15.5. The number of carbonyl (C=O) groups is 7. The smallest absolute Gasteiger partial charge is 0.234 e. The zero-order valence-electron chi connectivity index (χ0n) is 62.7. The van der Waals surface area contributed by atoms with Gasteiger partial charge in [0.25, 0.3) is 0 Å². The maximum absolute atomic E-state index is 13.8. The molecule has 0 unspecified atom stereocenters. The maximum Gasteiger partial charge on any atom is 0.234 e. The molecule has 0 aliphatic heterocycles. The van der Waals surface area contributed by atoms with Gasteiger partial charge < -0.3 is 72.7 Å². The van der Waals surface area contributed by atoms with Gasteiger partial charge in [-0.15, -0.1) is 0 Å². The summed E-state index contributed by atoms with van der Waals surface area (Å²) in [5.74, 6) is -0.320. The van der Waals surface area contributed by atoms with Gasteiger partial charge in [0.05, 0.1) is 105 Å².